The lowest BCUT2D eigenvalue weighted by Gasteiger charge is -2.21. The number of fused-ring (bicyclic) bond motifs is 1. The molecule has 7 heteroatoms. The number of benzene rings is 2. The van der Waals surface area contributed by atoms with E-state index in [1.54, 1.807) is 6.08 Å². The molecule has 0 bridgehead atoms. The summed E-state index contributed by atoms with van der Waals surface area (Å²) in [6.07, 6.45) is 7.39. The van der Waals surface area contributed by atoms with Crippen LogP contribution in [0.4, 0.5) is 0 Å². The van der Waals surface area contributed by atoms with Crippen molar-refractivity contribution in [1.82, 2.24) is 15.4 Å². The van der Waals surface area contributed by atoms with Crippen molar-refractivity contribution in [3.8, 4) is 5.75 Å². The lowest BCUT2D eigenvalue weighted by atomic mass is 10.2. The van der Waals surface area contributed by atoms with E-state index in [0.29, 0.717) is 13.2 Å². The molecular weight excluding hydrogens is 394 g/mol. The lowest BCUT2D eigenvalue weighted by Crippen LogP contribution is -2.32. The van der Waals surface area contributed by atoms with Crippen LogP contribution in [-0.2, 0) is 20.8 Å². The average Bonchev–Trinajstić information content (AvgIpc) is 3.23. The van der Waals surface area contributed by atoms with E-state index in [1.807, 2.05) is 48.5 Å². The van der Waals surface area contributed by atoms with Gasteiger partial charge in [0.25, 0.3) is 5.91 Å². The zero-order chi connectivity index (χ0) is 21.3. The van der Waals surface area contributed by atoms with Crippen LogP contribution in [0.15, 0.2) is 54.6 Å². The summed E-state index contributed by atoms with van der Waals surface area (Å²) in [5.41, 5.74) is 5.36. The van der Waals surface area contributed by atoms with Gasteiger partial charge in [-0.15, -0.1) is 0 Å². The number of rotatable bonds is 9. The van der Waals surface area contributed by atoms with E-state index in [0.717, 1.165) is 60.3 Å². The molecule has 2 aromatic carbocycles. The molecule has 0 aliphatic carbocycles. The van der Waals surface area contributed by atoms with Gasteiger partial charge in [-0.1, -0.05) is 24.3 Å². The fourth-order valence-corrected chi connectivity index (χ4v) is 3.36. The Hall–Kier alpha value is -3.16. The van der Waals surface area contributed by atoms with E-state index in [9.17, 15) is 4.79 Å². The molecule has 4 rings (SSSR count). The summed E-state index contributed by atoms with van der Waals surface area (Å²) in [6.45, 7) is 1.28. The van der Waals surface area contributed by atoms with Gasteiger partial charge in [-0.2, -0.15) is 0 Å². The molecule has 1 atom stereocenters. The molecule has 162 valence electrons. The minimum atomic E-state index is -0.352. The van der Waals surface area contributed by atoms with E-state index in [4.69, 9.17) is 14.3 Å². The highest BCUT2D eigenvalue weighted by molar-refractivity contribution is 5.90. The van der Waals surface area contributed by atoms with E-state index in [-0.39, 0.29) is 12.2 Å². The first-order valence-electron chi connectivity index (χ1n) is 10.7. The second-order valence-electron chi connectivity index (χ2n) is 7.44. The smallest absolute Gasteiger partial charge is 0.267 e. The molecule has 2 heterocycles. The molecule has 2 N–H and O–H groups in total. The van der Waals surface area contributed by atoms with Crippen LogP contribution in [0.2, 0.25) is 0 Å². The van der Waals surface area contributed by atoms with Gasteiger partial charge >= 0.3 is 0 Å². The number of amides is 1. The third kappa shape index (κ3) is 6.41. The number of aromatic nitrogens is 2. The standard InChI is InChI=1S/C24H27N3O4/c28-23(27-31-24-9-3-4-16-30-24)15-12-18-10-13-19(14-11-18)29-17-5-8-22-25-20-6-1-2-7-21(20)26-22/h1-2,6-7,10-15,24H,3-5,8-9,16-17H2,(H,25,26)(H,27,28). The normalized spacial score (nSPS) is 16.6. The van der Waals surface area contributed by atoms with Crippen molar-refractivity contribution in [2.24, 2.45) is 0 Å². The second kappa shape index (κ2) is 10.7. The fourth-order valence-electron chi connectivity index (χ4n) is 3.36. The number of hydrogen-bond donors (Lipinski definition) is 2. The summed E-state index contributed by atoms with van der Waals surface area (Å²) in [5, 5.41) is 0. The molecule has 7 nitrogen and oxygen atoms in total. The SMILES string of the molecule is O=C(C=Cc1ccc(OCCCc2nc3ccccc3[nH]2)cc1)NOC1CCCCO1. The van der Waals surface area contributed by atoms with Crippen molar-refractivity contribution < 1.29 is 19.1 Å². The Morgan fingerprint density at radius 1 is 1.19 bits per heavy atom. The van der Waals surface area contributed by atoms with Crippen LogP contribution in [-0.4, -0.2) is 35.4 Å². The molecule has 3 aromatic rings. The minimum absolute atomic E-state index is 0.319. The molecule has 1 aromatic heterocycles. The molecular formula is C24H27N3O4. The van der Waals surface area contributed by atoms with Crippen LogP contribution in [0.25, 0.3) is 17.1 Å². The number of nitrogens with zero attached hydrogens (tertiary/aromatic N) is 1. The third-order valence-corrected chi connectivity index (χ3v) is 5.00. The molecule has 1 saturated heterocycles. The summed E-state index contributed by atoms with van der Waals surface area (Å²) >= 11 is 0. The second-order valence-corrected chi connectivity index (χ2v) is 7.44. The Balaban J connectivity index is 1.16. The van der Waals surface area contributed by atoms with Gasteiger partial charge in [-0.3, -0.25) is 4.79 Å². The zero-order valence-corrected chi connectivity index (χ0v) is 17.4. The molecule has 31 heavy (non-hydrogen) atoms. The van der Waals surface area contributed by atoms with Crippen molar-refractivity contribution in [1.29, 1.82) is 0 Å². The van der Waals surface area contributed by atoms with E-state index in [1.165, 1.54) is 6.08 Å². The van der Waals surface area contributed by atoms with Crippen molar-refractivity contribution in [2.75, 3.05) is 13.2 Å². The molecule has 0 saturated carbocycles. The zero-order valence-electron chi connectivity index (χ0n) is 17.4. The molecule has 1 unspecified atom stereocenters. The first-order valence-corrected chi connectivity index (χ1v) is 10.7. The lowest BCUT2D eigenvalue weighted by molar-refractivity contribution is -0.198. The number of aryl methyl sites for hydroxylation is 1. The number of ether oxygens (including phenoxy) is 2. The first-order chi connectivity index (χ1) is 15.3. The molecule has 0 radical (unpaired) electrons. The largest absolute Gasteiger partial charge is 0.494 e. The quantitative estimate of drug-likeness (QED) is 0.308. The minimum Gasteiger partial charge on any atom is -0.494 e. The van der Waals surface area contributed by atoms with Gasteiger partial charge in [-0.25, -0.2) is 15.3 Å². The summed E-state index contributed by atoms with van der Waals surface area (Å²) in [6, 6.07) is 15.6. The van der Waals surface area contributed by atoms with Gasteiger partial charge in [0, 0.05) is 25.5 Å². The number of carbonyl (C=O) groups excluding carboxylic acids is 1. The summed E-state index contributed by atoms with van der Waals surface area (Å²) < 4.78 is 11.2. The molecule has 0 spiro atoms. The Labute approximate surface area is 181 Å². The van der Waals surface area contributed by atoms with E-state index < -0.39 is 0 Å². The maximum atomic E-state index is 11.9. The topological polar surface area (TPSA) is 85.5 Å². The fraction of sp³-hybridized carbons (Fsp3) is 0.333. The average molecular weight is 421 g/mol. The highest BCUT2D eigenvalue weighted by Crippen LogP contribution is 2.15. The van der Waals surface area contributed by atoms with Gasteiger partial charge in [0.2, 0.25) is 0 Å². The van der Waals surface area contributed by atoms with Crippen LogP contribution < -0.4 is 10.2 Å². The maximum Gasteiger partial charge on any atom is 0.267 e. The Kier molecular flexibility index (Phi) is 7.31. The number of imidazole rings is 1. The van der Waals surface area contributed by atoms with Crippen LogP contribution in [0, 0.1) is 0 Å². The van der Waals surface area contributed by atoms with Crippen LogP contribution >= 0.6 is 0 Å². The number of nitrogens with one attached hydrogen (secondary N) is 2. The molecule has 1 fully saturated rings. The maximum absolute atomic E-state index is 11.9. The summed E-state index contributed by atoms with van der Waals surface area (Å²) in [7, 11) is 0. The Bertz CT molecular complexity index is 974. The van der Waals surface area contributed by atoms with Gasteiger partial charge in [0.1, 0.15) is 11.6 Å². The highest BCUT2D eigenvalue weighted by Gasteiger charge is 2.14. The molecule has 1 amide bonds. The molecule has 1 aliphatic rings. The third-order valence-electron chi connectivity index (χ3n) is 5.00. The highest BCUT2D eigenvalue weighted by atomic mass is 16.8. The van der Waals surface area contributed by atoms with Crippen LogP contribution in [0.1, 0.15) is 37.1 Å². The monoisotopic (exact) mass is 421 g/mol. The van der Waals surface area contributed by atoms with Crippen LogP contribution in [0.3, 0.4) is 0 Å². The predicted molar refractivity (Wildman–Crippen MR) is 118 cm³/mol. The van der Waals surface area contributed by atoms with Crippen molar-refractivity contribution in [3.05, 3.63) is 66.0 Å². The van der Waals surface area contributed by atoms with Crippen molar-refractivity contribution in [3.63, 3.8) is 0 Å². The van der Waals surface area contributed by atoms with Gasteiger partial charge in [0.15, 0.2) is 6.29 Å². The van der Waals surface area contributed by atoms with Crippen molar-refractivity contribution >= 4 is 23.0 Å². The number of H-pyrrole nitrogens is 1. The van der Waals surface area contributed by atoms with E-state index in [2.05, 4.69) is 15.4 Å². The van der Waals surface area contributed by atoms with Gasteiger partial charge < -0.3 is 14.5 Å². The summed E-state index contributed by atoms with van der Waals surface area (Å²) in [4.78, 5) is 25.0. The summed E-state index contributed by atoms with van der Waals surface area (Å²) in [5.74, 6) is 1.45. The number of carbonyl (C=O) groups is 1. The number of para-hydroxylation sites is 2. The van der Waals surface area contributed by atoms with Crippen LogP contribution in [0.5, 0.6) is 5.75 Å². The molecule has 1 aliphatic heterocycles. The Morgan fingerprint density at radius 3 is 2.87 bits per heavy atom. The van der Waals surface area contributed by atoms with Gasteiger partial charge in [-0.05, 0) is 55.2 Å². The Morgan fingerprint density at radius 2 is 2.06 bits per heavy atom. The predicted octanol–water partition coefficient (Wildman–Crippen LogP) is 4.16. The number of hydroxylamine groups is 1. The van der Waals surface area contributed by atoms with E-state index >= 15 is 0 Å². The number of hydrogen-bond acceptors (Lipinski definition) is 5. The van der Waals surface area contributed by atoms with Gasteiger partial charge in [0.05, 0.1) is 17.6 Å². The van der Waals surface area contributed by atoms with Crippen molar-refractivity contribution in [2.45, 2.75) is 38.4 Å². The first kappa shape index (κ1) is 21.1. The number of aromatic amines is 1.